The maximum atomic E-state index is 13.5. The Morgan fingerprint density at radius 3 is 2.02 bits per heavy atom. The van der Waals surface area contributed by atoms with E-state index < -0.39 is 65.5 Å². The van der Waals surface area contributed by atoms with Crippen LogP contribution < -0.4 is 5.43 Å². The van der Waals surface area contributed by atoms with Crippen molar-refractivity contribution >= 4 is 11.0 Å². The van der Waals surface area contributed by atoms with Crippen LogP contribution in [0.5, 0.6) is 23.0 Å². The van der Waals surface area contributed by atoms with Gasteiger partial charge in [0, 0.05) is 23.1 Å². The standard InChI is InChI=1S/C29H28O11/c1-12(13-2-6-15(31)7-3-13)20-24(35)22(29-27(38)26(37)23(34)19(11-30)40-29)25(36)21-17(33)10-18(39-28(20)21)14-4-8-16(32)9-5-14/h2-10,12,19,23,26-27,29-32,34-38H,11H2,1H3/t12?,19?,23-,26+,27?,29+/m1/s1. The summed E-state index contributed by atoms with van der Waals surface area (Å²) in [6, 6.07) is 13.0. The number of benzene rings is 3. The van der Waals surface area contributed by atoms with E-state index in [9.17, 15) is 45.6 Å². The van der Waals surface area contributed by atoms with Gasteiger partial charge in [0.25, 0.3) is 0 Å². The summed E-state index contributed by atoms with van der Waals surface area (Å²) in [6.07, 6.45) is -8.34. The molecule has 0 bridgehead atoms. The quantitative estimate of drug-likeness (QED) is 0.180. The molecule has 11 heteroatoms. The minimum Gasteiger partial charge on any atom is -0.508 e. The molecule has 8 N–H and O–H groups in total. The van der Waals surface area contributed by atoms with Crippen LogP contribution in [0.2, 0.25) is 0 Å². The Hall–Kier alpha value is -4.13. The fraction of sp³-hybridized carbons (Fsp3) is 0.276. The molecule has 0 aliphatic carbocycles. The number of ether oxygens (including phenoxy) is 1. The highest BCUT2D eigenvalue weighted by Crippen LogP contribution is 2.50. The lowest BCUT2D eigenvalue weighted by molar-refractivity contribution is -0.232. The minimum atomic E-state index is -1.85. The smallest absolute Gasteiger partial charge is 0.197 e. The van der Waals surface area contributed by atoms with Gasteiger partial charge in [-0.05, 0) is 42.0 Å². The van der Waals surface area contributed by atoms with Crippen LogP contribution in [0, 0.1) is 0 Å². The summed E-state index contributed by atoms with van der Waals surface area (Å²) in [5.74, 6) is -2.03. The van der Waals surface area contributed by atoms with Gasteiger partial charge in [-0.1, -0.05) is 19.1 Å². The molecule has 0 saturated carbocycles. The van der Waals surface area contributed by atoms with Gasteiger partial charge >= 0.3 is 0 Å². The predicted molar refractivity (Wildman–Crippen MR) is 141 cm³/mol. The number of phenols is 4. The molecule has 6 atom stereocenters. The van der Waals surface area contributed by atoms with Crippen molar-refractivity contribution in [2.75, 3.05) is 6.61 Å². The van der Waals surface area contributed by atoms with Crippen molar-refractivity contribution in [2.24, 2.45) is 0 Å². The lowest BCUT2D eigenvalue weighted by Gasteiger charge is -2.40. The van der Waals surface area contributed by atoms with E-state index in [1.807, 2.05) is 0 Å². The molecule has 4 aromatic rings. The van der Waals surface area contributed by atoms with Crippen molar-refractivity contribution in [3.63, 3.8) is 0 Å². The number of hydrogen-bond donors (Lipinski definition) is 8. The maximum Gasteiger partial charge on any atom is 0.197 e. The highest BCUT2D eigenvalue weighted by atomic mass is 16.5. The van der Waals surface area contributed by atoms with Gasteiger partial charge in [-0.2, -0.15) is 0 Å². The first-order valence-corrected chi connectivity index (χ1v) is 12.5. The Morgan fingerprint density at radius 1 is 0.825 bits per heavy atom. The molecule has 2 heterocycles. The number of aliphatic hydroxyl groups is 4. The lowest BCUT2D eigenvalue weighted by atomic mass is 9.84. The molecular weight excluding hydrogens is 524 g/mol. The van der Waals surface area contributed by atoms with E-state index in [0.29, 0.717) is 11.1 Å². The van der Waals surface area contributed by atoms with E-state index in [2.05, 4.69) is 0 Å². The number of hydrogen-bond acceptors (Lipinski definition) is 11. The summed E-state index contributed by atoms with van der Waals surface area (Å²) in [6.45, 7) is 0.938. The molecule has 210 valence electrons. The van der Waals surface area contributed by atoms with E-state index in [4.69, 9.17) is 9.15 Å². The van der Waals surface area contributed by atoms with E-state index in [1.54, 1.807) is 19.1 Å². The second-order valence-electron chi connectivity index (χ2n) is 9.81. The van der Waals surface area contributed by atoms with Crippen LogP contribution in [0.3, 0.4) is 0 Å². The third-order valence-electron chi connectivity index (χ3n) is 7.35. The van der Waals surface area contributed by atoms with Crippen LogP contribution in [-0.2, 0) is 4.74 Å². The monoisotopic (exact) mass is 552 g/mol. The Morgan fingerprint density at radius 2 is 1.43 bits per heavy atom. The summed E-state index contributed by atoms with van der Waals surface area (Å²) < 4.78 is 11.7. The molecule has 1 aromatic heterocycles. The van der Waals surface area contributed by atoms with E-state index in [1.165, 1.54) is 36.4 Å². The maximum absolute atomic E-state index is 13.5. The van der Waals surface area contributed by atoms with Gasteiger partial charge in [0.15, 0.2) is 5.43 Å². The van der Waals surface area contributed by atoms with Crippen LogP contribution in [0.15, 0.2) is 63.8 Å². The third kappa shape index (κ3) is 4.53. The zero-order chi connectivity index (χ0) is 28.9. The number of fused-ring (bicyclic) bond motifs is 1. The van der Waals surface area contributed by atoms with Crippen LogP contribution >= 0.6 is 0 Å². The summed E-state index contributed by atoms with van der Waals surface area (Å²) in [7, 11) is 0. The van der Waals surface area contributed by atoms with Gasteiger partial charge in [-0.15, -0.1) is 0 Å². The summed E-state index contributed by atoms with van der Waals surface area (Å²) >= 11 is 0. The van der Waals surface area contributed by atoms with Crippen LogP contribution in [-0.4, -0.2) is 71.9 Å². The van der Waals surface area contributed by atoms with Crippen molar-refractivity contribution in [3.8, 4) is 34.3 Å². The van der Waals surface area contributed by atoms with Crippen molar-refractivity contribution in [2.45, 2.75) is 43.4 Å². The fourth-order valence-corrected chi connectivity index (χ4v) is 5.12. The SMILES string of the molecule is CC(c1ccc(O)cc1)c1c(O)c([C@@H]2OC(CO)[C@@H](O)[C@H](O)C2O)c(O)c2c(=O)cc(-c3ccc(O)cc3)oc12. The minimum absolute atomic E-state index is 0.00103. The van der Waals surface area contributed by atoms with Crippen molar-refractivity contribution in [1.82, 2.24) is 0 Å². The third-order valence-corrected chi connectivity index (χ3v) is 7.35. The van der Waals surface area contributed by atoms with Crippen molar-refractivity contribution in [3.05, 3.63) is 81.5 Å². The fourth-order valence-electron chi connectivity index (χ4n) is 5.12. The van der Waals surface area contributed by atoms with Gasteiger partial charge in [0.1, 0.15) is 70.2 Å². The first-order valence-electron chi connectivity index (χ1n) is 12.5. The number of aromatic hydroxyl groups is 4. The Bertz CT molecular complexity index is 1590. The molecule has 1 aliphatic heterocycles. The molecule has 40 heavy (non-hydrogen) atoms. The van der Waals surface area contributed by atoms with Crippen LogP contribution in [0.25, 0.3) is 22.3 Å². The second kappa shape index (κ2) is 10.5. The lowest BCUT2D eigenvalue weighted by Crippen LogP contribution is -2.55. The average Bonchev–Trinajstić information content (AvgIpc) is 2.93. The van der Waals surface area contributed by atoms with Crippen LogP contribution in [0.4, 0.5) is 0 Å². The molecule has 1 fully saturated rings. The zero-order valence-electron chi connectivity index (χ0n) is 21.2. The number of rotatable bonds is 5. The Kier molecular flexibility index (Phi) is 7.17. The Balaban J connectivity index is 1.81. The molecule has 0 spiro atoms. The van der Waals surface area contributed by atoms with E-state index in [0.717, 1.165) is 6.07 Å². The van der Waals surface area contributed by atoms with Gasteiger partial charge in [0.05, 0.1) is 12.2 Å². The molecule has 0 radical (unpaired) electrons. The van der Waals surface area contributed by atoms with E-state index >= 15 is 0 Å². The molecule has 1 saturated heterocycles. The van der Waals surface area contributed by atoms with Gasteiger partial charge in [-0.3, -0.25) is 4.79 Å². The molecule has 3 aromatic carbocycles. The molecule has 0 amide bonds. The molecular formula is C29H28O11. The first kappa shape index (κ1) is 27.4. The topological polar surface area (TPSA) is 201 Å². The van der Waals surface area contributed by atoms with Crippen molar-refractivity contribution < 1.29 is 50.0 Å². The summed E-state index contributed by atoms with van der Waals surface area (Å²) in [5, 5.41) is 83.0. The van der Waals surface area contributed by atoms with Gasteiger partial charge < -0.3 is 50.0 Å². The molecule has 11 nitrogen and oxygen atoms in total. The summed E-state index contributed by atoms with van der Waals surface area (Å²) in [4.78, 5) is 13.5. The van der Waals surface area contributed by atoms with Gasteiger partial charge in [0.2, 0.25) is 0 Å². The molecule has 5 rings (SSSR count). The number of phenolic OH excluding ortho intramolecular Hbond substituents is 4. The molecule has 3 unspecified atom stereocenters. The summed E-state index contributed by atoms with van der Waals surface area (Å²) in [5.41, 5.74) is -0.265. The van der Waals surface area contributed by atoms with Crippen molar-refractivity contribution in [1.29, 1.82) is 0 Å². The van der Waals surface area contributed by atoms with Crippen LogP contribution in [0.1, 0.15) is 35.6 Å². The normalized spacial score (nSPS) is 23.8. The second-order valence-corrected chi connectivity index (χ2v) is 9.81. The highest BCUT2D eigenvalue weighted by molar-refractivity contribution is 5.92. The van der Waals surface area contributed by atoms with Gasteiger partial charge in [-0.25, -0.2) is 0 Å². The number of aliphatic hydroxyl groups excluding tert-OH is 4. The first-order chi connectivity index (χ1) is 19.0. The van der Waals surface area contributed by atoms with E-state index in [-0.39, 0.29) is 33.8 Å². The average molecular weight is 553 g/mol. The highest BCUT2D eigenvalue weighted by Gasteiger charge is 2.47. The predicted octanol–water partition coefficient (Wildman–Crippen LogP) is 1.95. The molecule has 1 aliphatic rings. The zero-order valence-corrected chi connectivity index (χ0v) is 21.2. The Labute approximate surface area is 227 Å². The largest absolute Gasteiger partial charge is 0.508 e.